The summed E-state index contributed by atoms with van der Waals surface area (Å²) < 4.78 is 31.8. The number of benzene rings is 1. The molecule has 0 fully saturated rings. The number of rotatable bonds is 3. The van der Waals surface area contributed by atoms with E-state index in [4.69, 9.17) is 9.84 Å². The van der Waals surface area contributed by atoms with Crippen molar-refractivity contribution in [1.82, 2.24) is 9.97 Å². The van der Waals surface area contributed by atoms with Crippen LogP contribution >= 0.6 is 15.9 Å². The van der Waals surface area contributed by atoms with Crippen molar-refractivity contribution in [2.24, 2.45) is 0 Å². The lowest BCUT2D eigenvalue weighted by Crippen LogP contribution is -2.03. The molecule has 0 bridgehead atoms. The fourth-order valence-corrected chi connectivity index (χ4v) is 1.63. The number of hydrogen-bond donors (Lipinski definition) is 1. The van der Waals surface area contributed by atoms with E-state index >= 15 is 0 Å². The molecule has 0 saturated carbocycles. The number of hydrogen-bond acceptors (Lipinski definition) is 4. The van der Waals surface area contributed by atoms with E-state index in [2.05, 4.69) is 25.9 Å². The predicted molar refractivity (Wildman–Crippen MR) is 63.1 cm³/mol. The minimum Gasteiger partial charge on any atom is -0.476 e. The van der Waals surface area contributed by atoms with Gasteiger partial charge in [0, 0.05) is 4.47 Å². The maximum atomic E-state index is 13.4. The number of carboxylic acids is 1. The summed E-state index contributed by atoms with van der Waals surface area (Å²) in [5.74, 6) is -4.30. The van der Waals surface area contributed by atoms with Crippen molar-refractivity contribution in [1.29, 1.82) is 0 Å². The standard InChI is InChI=1S/C11H5BrF2N2O3/c12-5-1-6(13)10(14)8(2-5)19-9-4-15-3-7(16-9)11(17)18/h1-4H,(H,17,18). The first-order valence-corrected chi connectivity index (χ1v) is 5.64. The molecule has 19 heavy (non-hydrogen) atoms. The molecule has 0 atom stereocenters. The first-order chi connectivity index (χ1) is 8.97. The van der Waals surface area contributed by atoms with Crippen LogP contribution in [0.4, 0.5) is 8.78 Å². The van der Waals surface area contributed by atoms with Gasteiger partial charge in [0.25, 0.3) is 0 Å². The fourth-order valence-electron chi connectivity index (χ4n) is 1.22. The van der Waals surface area contributed by atoms with Crippen LogP contribution in [0.5, 0.6) is 11.6 Å². The monoisotopic (exact) mass is 330 g/mol. The van der Waals surface area contributed by atoms with Crippen molar-refractivity contribution in [3.63, 3.8) is 0 Å². The smallest absolute Gasteiger partial charge is 0.356 e. The Bertz CT molecular complexity index is 652. The van der Waals surface area contributed by atoms with Gasteiger partial charge in [0.15, 0.2) is 17.3 Å². The van der Waals surface area contributed by atoms with E-state index in [0.717, 1.165) is 18.5 Å². The number of carbonyl (C=O) groups is 1. The van der Waals surface area contributed by atoms with Gasteiger partial charge in [0.05, 0.1) is 12.4 Å². The molecule has 1 heterocycles. The van der Waals surface area contributed by atoms with Gasteiger partial charge in [-0.3, -0.25) is 4.98 Å². The van der Waals surface area contributed by atoms with Gasteiger partial charge in [0.1, 0.15) is 0 Å². The minimum atomic E-state index is -1.31. The lowest BCUT2D eigenvalue weighted by atomic mass is 10.3. The first kappa shape index (κ1) is 13.3. The summed E-state index contributed by atoms with van der Waals surface area (Å²) in [6.07, 6.45) is 2.09. The van der Waals surface area contributed by atoms with Gasteiger partial charge < -0.3 is 9.84 Å². The highest BCUT2D eigenvalue weighted by Crippen LogP contribution is 2.28. The molecule has 8 heteroatoms. The second-order valence-electron chi connectivity index (χ2n) is 3.35. The summed E-state index contributed by atoms with van der Waals surface area (Å²) in [6, 6.07) is 2.12. The highest BCUT2D eigenvalue weighted by molar-refractivity contribution is 9.10. The van der Waals surface area contributed by atoms with Gasteiger partial charge in [-0.25, -0.2) is 14.2 Å². The molecule has 2 aromatic rings. The molecule has 0 aliphatic carbocycles. The van der Waals surface area contributed by atoms with Crippen LogP contribution in [0, 0.1) is 11.6 Å². The lowest BCUT2D eigenvalue weighted by Gasteiger charge is -2.07. The molecule has 0 aliphatic rings. The third kappa shape index (κ3) is 3.02. The van der Waals surface area contributed by atoms with Crippen LogP contribution in [0.2, 0.25) is 0 Å². The zero-order valence-electron chi connectivity index (χ0n) is 9.10. The van der Waals surface area contributed by atoms with Gasteiger partial charge in [-0.15, -0.1) is 0 Å². The van der Waals surface area contributed by atoms with E-state index in [-0.39, 0.29) is 16.0 Å². The number of ether oxygens (including phenoxy) is 1. The first-order valence-electron chi connectivity index (χ1n) is 4.85. The highest BCUT2D eigenvalue weighted by Gasteiger charge is 2.14. The molecule has 2 rings (SSSR count). The van der Waals surface area contributed by atoms with E-state index in [1.165, 1.54) is 6.07 Å². The molecule has 5 nitrogen and oxygen atoms in total. The van der Waals surface area contributed by atoms with E-state index in [9.17, 15) is 13.6 Å². The summed E-state index contributed by atoms with van der Waals surface area (Å²) >= 11 is 2.98. The summed E-state index contributed by atoms with van der Waals surface area (Å²) in [5.41, 5.74) is -0.367. The van der Waals surface area contributed by atoms with Crippen LogP contribution in [-0.4, -0.2) is 21.0 Å². The average molecular weight is 331 g/mol. The average Bonchev–Trinajstić information content (AvgIpc) is 2.35. The Morgan fingerprint density at radius 1 is 1.32 bits per heavy atom. The van der Waals surface area contributed by atoms with Crippen molar-refractivity contribution < 1.29 is 23.4 Å². The summed E-state index contributed by atoms with van der Waals surface area (Å²) in [7, 11) is 0. The molecular formula is C11H5BrF2N2O3. The summed E-state index contributed by atoms with van der Waals surface area (Å²) in [6.45, 7) is 0. The van der Waals surface area contributed by atoms with Crippen LogP contribution in [0.1, 0.15) is 10.5 Å². The topological polar surface area (TPSA) is 72.3 Å². The molecule has 0 unspecified atom stereocenters. The second kappa shape index (κ2) is 5.27. The maximum Gasteiger partial charge on any atom is 0.356 e. The Labute approximate surface area is 114 Å². The SMILES string of the molecule is O=C(O)c1cncc(Oc2cc(Br)cc(F)c2F)n1. The van der Waals surface area contributed by atoms with Crippen molar-refractivity contribution in [2.75, 3.05) is 0 Å². The third-order valence-electron chi connectivity index (χ3n) is 2.01. The summed E-state index contributed by atoms with van der Waals surface area (Å²) in [5, 5.41) is 8.72. The van der Waals surface area contributed by atoms with Crippen molar-refractivity contribution >= 4 is 21.9 Å². The Morgan fingerprint density at radius 2 is 2.05 bits per heavy atom. The molecule has 1 N–H and O–H groups in total. The number of aromatic carboxylic acids is 1. The van der Waals surface area contributed by atoms with Gasteiger partial charge in [-0.1, -0.05) is 15.9 Å². The molecule has 0 spiro atoms. The number of aromatic nitrogens is 2. The zero-order valence-corrected chi connectivity index (χ0v) is 10.7. The van der Waals surface area contributed by atoms with Crippen molar-refractivity contribution in [3.05, 3.63) is 46.3 Å². The zero-order chi connectivity index (χ0) is 14.0. The highest BCUT2D eigenvalue weighted by atomic mass is 79.9. The van der Waals surface area contributed by atoms with Crippen LogP contribution in [0.3, 0.4) is 0 Å². The fraction of sp³-hybridized carbons (Fsp3) is 0. The largest absolute Gasteiger partial charge is 0.476 e. The quantitative estimate of drug-likeness (QED) is 0.876. The molecule has 0 aliphatic heterocycles. The third-order valence-corrected chi connectivity index (χ3v) is 2.46. The van der Waals surface area contributed by atoms with Gasteiger partial charge in [-0.2, -0.15) is 4.39 Å². The van der Waals surface area contributed by atoms with Crippen LogP contribution in [0.25, 0.3) is 0 Å². The molecular weight excluding hydrogens is 326 g/mol. The van der Waals surface area contributed by atoms with Crippen molar-refractivity contribution in [3.8, 4) is 11.6 Å². The van der Waals surface area contributed by atoms with E-state index in [0.29, 0.717) is 0 Å². The predicted octanol–water partition coefficient (Wildman–Crippen LogP) is 3.01. The van der Waals surface area contributed by atoms with E-state index in [1.54, 1.807) is 0 Å². The molecule has 0 radical (unpaired) electrons. The molecule has 0 amide bonds. The second-order valence-corrected chi connectivity index (χ2v) is 4.27. The molecule has 0 saturated heterocycles. The van der Waals surface area contributed by atoms with Crippen LogP contribution < -0.4 is 4.74 Å². The molecule has 98 valence electrons. The number of nitrogens with zero attached hydrogens (tertiary/aromatic N) is 2. The molecule has 1 aromatic heterocycles. The van der Waals surface area contributed by atoms with Crippen molar-refractivity contribution in [2.45, 2.75) is 0 Å². The van der Waals surface area contributed by atoms with Crippen LogP contribution in [-0.2, 0) is 0 Å². The number of carboxylic acid groups (broad SMARTS) is 1. The van der Waals surface area contributed by atoms with Gasteiger partial charge >= 0.3 is 5.97 Å². The number of halogens is 3. The minimum absolute atomic E-state index is 0.253. The van der Waals surface area contributed by atoms with Gasteiger partial charge in [-0.05, 0) is 12.1 Å². The lowest BCUT2D eigenvalue weighted by molar-refractivity contribution is 0.0689. The normalized spacial score (nSPS) is 10.3. The van der Waals surface area contributed by atoms with E-state index in [1.807, 2.05) is 0 Å². The summed E-state index contributed by atoms with van der Waals surface area (Å²) in [4.78, 5) is 17.8. The van der Waals surface area contributed by atoms with Crippen LogP contribution in [0.15, 0.2) is 29.0 Å². The Kier molecular flexibility index (Phi) is 3.70. The Hall–Kier alpha value is -2.09. The maximum absolute atomic E-state index is 13.4. The Balaban J connectivity index is 2.36. The van der Waals surface area contributed by atoms with E-state index < -0.39 is 23.4 Å². The Morgan fingerprint density at radius 3 is 2.74 bits per heavy atom. The van der Waals surface area contributed by atoms with Gasteiger partial charge in [0.2, 0.25) is 11.7 Å². The molecule has 1 aromatic carbocycles.